The first kappa shape index (κ1) is 14.1. The SMILES string of the molecule is Cc1nc2ccccn2c1N(C=O)c1ccc(N(C)C)cc1. The largest absolute Gasteiger partial charge is 0.378 e. The number of aryl methyl sites for hydroxylation is 1. The van der Waals surface area contributed by atoms with Gasteiger partial charge in [-0.2, -0.15) is 0 Å². The van der Waals surface area contributed by atoms with E-state index in [0.717, 1.165) is 34.9 Å². The van der Waals surface area contributed by atoms with Gasteiger partial charge in [0.2, 0.25) is 6.41 Å². The molecule has 0 spiro atoms. The molecule has 0 atom stereocenters. The number of hydrogen-bond acceptors (Lipinski definition) is 3. The van der Waals surface area contributed by atoms with E-state index in [4.69, 9.17) is 0 Å². The summed E-state index contributed by atoms with van der Waals surface area (Å²) in [7, 11) is 3.97. The molecule has 5 heteroatoms. The number of carbonyl (C=O) groups excluding carboxylic acids is 1. The van der Waals surface area contributed by atoms with Crippen LogP contribution in [0.25, 0.3) is 5.65 Å². The minimum absolute atomic E-state index is 0.767. The number of nitrogens with zero attached hydrogens (tertiary/aromatic N) is 4. The van der Waals surface area contributed by atoms with Crippen molar-refractivity contribution in [3.05, 3.63) is 54.4 Å². The molecule has 5 nitrogen and oxygen atoms in total. The molecule has 3 aromatic rings. The summed E-state index contributed by atoms with van der Waals surface area (Å²) in [6.45, 7) is 1.91. The lowest BCUT2D eigenvalue weighted by Gasteiger charge is -2.19. The van der Waals surface area contributed by atoms with Crippen LogP contribution in [0.15, 0.2) is 48.7 Å². The van der Waals surface area contributed by atoms with Gasteiger partial charge in [-0.05, 0) is 43.3 Å². The van der Waals surface area contributed by atoms with Crippen molar-refractivity contribution in [3.63, 3.8) is 0 Å². The van der Waals surface area contributed by atoms with Gasteiger partial charge in [-0.3, -0.25) is 14.1 Å². The van der Waals surface area contributed by atoms with Gasteiger partial charge in [-0.15, -0.1) is 0 Å². The molecule has 0 saturated carbocycles. The third-order valence-corrected chi connectivity index (χ3v) is 3.65. The van der Waals surface area contributed by atoms with Crippen molar-refractivity contribution in [2.45, 2.75) is 6.92 Å². The molecule has 112 valence electrons. The number of aromatic nitrogens is 2. The van der Waals surface area contributed by atoms with E-state index in [2.05, 4.69) is 4.98 Å². The van der Waals surface area contributed by atoms with E-state index >= 15 is 0 Å². The quantitative estimate of drug-likeness (QED) is 0.695. The van der Waals surface area contributed by atoms with Crippen LogP contribution in [0.1, 0.15) is 5.69 Å². The first-order valence-electron chi connectivity index (χ1n) is 7.07. The topological polar surface area (TPSA) is 40.9 Å². The molecule has 0 bridgehead atoms. The lowest BCUT2D eigenvalue weighted by Crippen LogP contribution is -2.17. The number of pyridine rings is 1. The first-order valence-corrected chi connectivity index (χ1v) is 7.07. The molecule has 1 amide bonds. The van der Waals surface area contributed by atoms with Crippen molar-refractivity contribution in [3.8, 4) is 0 Å². The van der Waals surface area contributed by atoms with Crippen molar-refractivity contribution in [1.82, 2.24) is 9.38 Å². The molecule has 0 aliphatic heterocycles. The smallest absolute Gasteiger partial charge is 0.219 e. The lowest BCUT2D eigenvalue weighted by atomic mass is 10.2. The number of imidazole rings is 1. The van der Waals surface area contributed by atoms with Crippen LogP contribution in [-0.2, 0) is 4.79 Å². The van der Waals surface area contributed by atoms with E-state index in [1.54, 1.807) is 4.90 Å². The van der Waals surface area contributed by atoms with Crippen molar-refractivity contribution in [2.24, 2.45) is 0 Å². The lowest BCUT2D eigenvalue weighted by molar-refractivity contribution is -0.106. The number of hydrogen-bond donors (Lipinski definition) is 0. The van der Waals surface area contributed by atoms with E-state index in [9.17, 15) is 4.79 Å². The Bertz CT molecular complexity index is 805. The number of fused-ring (bicyclic) bond motifs is 1. The Labute approximate surface area is 129 Å². The van der Waals surface area contributed by atoms with Gasteiger partial charge in [-0.1, -0.05) is 6.07 Å². The van der Waals surface area contributed by atoms with Crippen LogP contribution in [-0.4, -0.2) is 29.9 Å². The molecule has 3 rings (SSSR count). The monoisotopic (exact) mass is 294 g/mol. The molecule has 0 saturated heterocycles. The van der Waals surface area contributed by atoms with Crippen molar-refractivity contribution >= 4 is 29.2 Å². The maximum atomic E-state index is 11.7. The highest BCUT2D eigenvalue weighted by atomic mass is 16.1. The molecule has 2 heterocycles. The molecular formula is C17H18N4O. The zero-order valence-electron chi connectivity index (χ0n) is 12.9. The van der Waals surface area contributed by atoms with Crippen LogP contribution in [0.4, 0.5) is 17.2 Å². The molecule has 1 aromatic carbocycles. The van der Waals surface area contributed by atoms with Crippen LogP contribution in [0.3, 0.4) is 0 Å². The molecule has 0 unspecified atom stereocenters. The van der Waals surface area contributed by atoms with Gasteiger partial charge in [0.15, 0.2) is 0 Å². The summed E-state index contributed by atoms with van der Waals surface area (Å²) in [5.74, 6) is 0.767. The third-order valence-electron chi connectivity index (χ3n) is 3.65. The zero-order valence-corrected chi connectivity index (χ0v) is 12.9. The van der Waals surface area contributed by atoms with Crippen LogP contribution in [0, 0.1) is 6.92 Å². The van der Waals surface area contributed by atoms with Gasteiger partial charge in [0.05, 0.1) is 11.4 Å². The predicted molar refractivity (Wildman–Crippen MR) is 88.9 cm³/mol. The molecule has 0 aliphatic rings. The average molecular weight is 294 g/mol. The Kier molecular flexibility index (Phi) is 3.55. The summed E-state index contributed by atoms with van der Waals surface area (Å²) in [5.41, 5.74) is 3.54. The van der Waals surface area contributed by atoms with E-state index < -0.39 is 0 Å². The van der Waals surface area contributed by atoms with Gasteiger partial charge < -0.3 is 4.90 Å². The zero-order chi connectivity index (χ0) is 15.7. The fourth-order valence-electron chi connectivity index (χ4n) is 2.54. The second-order valence-corrected chi connectivity index (χ2v) is 5.34. The summed E-state index contributed by atoms with van der Waals surface area (Å²) < 4.78 is 1.92. The maximum absolute atomic E-state index is 11.7. The van der Waals surface area contributed by atoms with E-state index in [1.807, 2.05) is 79.0 Å². The van der Waals surface area contributed by atoms with Gasteiger partial charge >= 0.3 is 0 Å². The van der Waals surface area contributed by atoms with Gasteiger partial charge in [0.1, 0.15) is 11.5 Å². The van der Waals surface area contributed by atoms with Crippen LogP contribution in [0.5, 0.6) is 0 Å². The fraction of sp³-hybridized carbons (Fsp3) is 0.176. The van der Waals surface area contributed by atoms with Crippen LogP contribution >= 0.6 is 0 Å². The second kappa shape index (κ2) is 5.52. The summed E-state index contributed by atoms with van der Waals surface area (Å²) in [6, 6.07) is 13.6. The summed E-state index contributed by atoms with van der Waals surface area (Å²) in [4.78, 5) is 19.8. The Morgan fingerprint density at radius 1 is 1.05 bits per heavy atom. The Morgan fingerprint density at radius 3 is 2.36 bits per heavy atom. The molecule has 0 radical (unpaired) electrons. The van der Waals surface area contributed by atoms with Crippen LogP contribution < -0.4 is 9.80 Å². The first-order chi connectivity index (χ1) is 10.6. The minimum Gasteiger partial charge on any atom is -0.378 e. The Hall–Kier alpha value is -2.82. The van der Waals surface area contributed by atoms with Gasteiger partial charge in [0.25, 0.3) is 0 Å². The predicted octanol–water partition coefficient (Wildman–Crippen LogP) is 3.00. The molecule has 0 N–H and O–H groups in total. The van der Waals surface area contributed by atoms with Crippen molar-refractivity contribution < 1.29 is 4.79 Å². The highest BCUT2D eigenvalue weighted by Crippen LogP contribution is 2.29. The Balaban J connectivity index is 2.10. The summed E-state index contributed by atoms with van der Waals surface area (Å²) in [5, 5.41) is 0. The summed E-state index contributed by atoms with van der Waals surface area (Å²) >= 11 is 0. The standard InChI is InChI=1S/C17H18N4O/c1-13-17(20-11-5-4-6-16(20)18-13)21(12-22)15-9-7-14(8-10-15)19(2)3/h4-12H,1-3H3. The Morgan fingerprint density at radius 2 is 1.73 bits per heavy atom. The van der Waals surface area contributed by atoms with Gasteiger partial charge in [-0.25, -0.2) is 4.98 Å². The van der Waals surface area contributed by atoms with Crippen molar-refractivity contribution in [2.75, 3.05) is 23.9 Å². The number of anilines is 3. The minimum atomic E-state index is 0.767. The normalized spacial score (nSPS) is 10.7. The fourth-order valence-corrected chi connectivity index (χ4v) is 2.54. The highest BCUT2D eigenvalue weighted by Gasteiger charge is 2.17. The molecule has 22 heavy (non-hydrogen) atoms. The molecule has 2 aromatic heterocycles. The summed E-state index contributed by atoms with van der Waals surface area (Å²) in [6.07, 6.45) is 2.74. The molecule has 0 fully saturated rings. The van der Waals surface area contributed by atoms with Gasteiger partial charge in [0, 0.05) is 26.0 Å². The number of carbonyl (C=O) groups is 1. The highest BCUT2D eigenvalue weighted by molar-refractivity contribution is 5.87. The van der Waals surface area contributed by atoms with E-state index in [-0.39, 0.29) is 0 Å². The van der Waals surface area contributed by atoms with Crippen LogP contribution in [0.2, 0.25) is 0 Å². The number of benzene rings is 1. The average Bonchev–Trinajstić information content (AvgIpc) is 2.85. The molecular weight excluding hydrogens is 276 g/mol. The van der Waals surface area contributed by atoms with E-state index in [1.165, 1.54) is 0 Å². The third kappa shape index (κ3) is 2.30. The molecule has 0 aliphatic carbocycles. The van der Waals surface area contributed by atoms with E-state index in [0.29, 0.717) is 0 Å². The maximum Gasteiger partial charge on any atom is 0.219 e. The number of rotatable bonds is 4. The number of amides is 1. The second-order valence-electron chi connectivity index (χ2n) is 5.34. The van der Waals surface area contributed by atoms with Crippen molar-refractivity contribution in [1.29, 1.82) is 0 Å².